The Bertz CT molecular complexity index is 465. The predicted octanol–water partition coefficient (Wildman–Crippen LogP) is 3.91. The van der Waals surface area contributed by atoms with Crippen molar-refractivity contribution in [3.05, 3.63) is 38.4 Å². The normalized spacial score (nSPS) is 10.4. The summed E-state index contributed by atoms with van der Waals surface area (Å²) < 4.78 is 0. The van der Waals surface area contributed by atoms with Crippen molar-refractivity contribution in [2.75, 3.05) is 18.0 Å². The van der Waals surface area contributed by atoms with E-state index in [1.807, 2.05) is 13.8 Å². The van der Waals surface area contributed by atoms with E-state index < -0.39 is 9.85 Å². The van der Waals surface area contributed by atoms with E-state index in [1.165, 1.54) is 18.2 Å². The van der Waals surface area contributed by atoms with E-state index in [2.05, 4.69) is 0 Å². The van der Waals surface area contributed by atoms with Crippen molar-refractivity contribution in [2.45, 2.75) is 39.5 Å². The first-order valence-electron chi connectivity index (χ1n) is 7.19. The van der Waals surface area contributed by atoms with Crippen LogP contribution in [0, 0.1) is 20.2 Å². The van der Waals surface area contributed by atoms with Gasteiger partial charge >= 0.3 is 0 Å². The molecule has 116 valence electrons. The van der Waals surface area contributed by atoms with Crippen molar-refractivity contribution < 1.29 is 9.85 Å². The van der Waals surface area contributed by atoms with Gasteiger partial charge in [0.2, 0.25) is 0 Å². The molecule has 0 atom stereocenters. The van der Waals surface area contributed by atoms with Crippen LogP contribution in [0.4, 0.5) is 17.1 Å². The first-order chi connectivity index (χ1) is 10.0. The highest BCUT2D eigenvalue weighted by Crippen LogP contribution is 2.37. The number of anilines is 1. The Morgan fingerprint density at radius 2 is 1.38 bits per heavy atom. The average molecular weight is 295 g/mol. The second kappa shape index (κ2) is 8.18. The van der Waals surface area contributed by atoms with Crippen LogP contribution < -0.4 is 4.90 Å². The van der Waals surface area contributed by atoms with Crippen molar-refractivity contribution >= 4 is 17.1 Å². The molecule has 0 N–H and O–H groups in total. The Morgan fingerprint density at radius 3 is 1.71 bits per heavy atom. The van der Waals surface area contributed by atoms with Crippen LogP contribution in [0.5, 0.6) is 0 Å². The molecule has 21 heavy (non-hydrogen) atoms. The molecule has 0 aliphatic rings. The van der Waals surface area contributed by atoms with E-state index in [9.17, 15) is 20.2 Å². The van der Waals surface area contributed by atoms with Gasteiger partial charge in [-0.3, -0.25) is 20.2 Å². The van der Waals surface area contributed by atoms with Crippen molar-refractivity contribution in [3.8, 4) is 0 Å². The number of benzene rings is 1. The number of nitro benzene ring substituents is 2. The highest BCUT2D eigenvalue weighted by atomic mass is 16.6. The SMILES string of the molecule is CCCCN(CCCC)c1c([N+](=O)[O-])cccc1[N+](=O)[O-]. The number of unbranched alkanes of at least 4 members (excludes halogenated alkanes) is 2. The Morgan fingerprint density at radius 1 is 0.952 bits per heavy atom. The zero-order chi connectivity index (χ0) is 15.8. The predicted molar refractivity (Wildman–Crippen MR) is 81.8 cm³/mol. The first kappa shape index (κ1) is 16.9. The molecule has 0 spiro atoms. The van der Waals surface area contributed by atoms with Crippen molar-refractivity contribution in [1.29, 1.82) is 0 Å². The third kappa shape index (κ3) is 4.40. The van der Waals surface area contributed by atoms with Crippen LogP contribution in [-0.2, 0) is 0 Å². The van der Waals surface area contributed by atoms with E-state index in [1.54, 1.807) is 4.90 Å². The maximum atomic E-state index is 11.2. The minimum absolute atomic E-state index is 0.134. The summed E-state index contributed by atoms with van der Waals surface area (Å²) in [7, 11) is 0. The molecule has 0 radical (unpaired) electrons. The van der Waals surface area contributed by atoms with Crippen LogP contribution in [0.15, 0.2) is 18.2 Å². The second-order valence-corrected chi connectivity index (χ2v) is 4.85. The fourth-order valence-electron chi connectivity index (χ4n) is 2.17. The lowest BCUT2D eigenvalue weighted by atomic mass is 10.1. The molecule has 0 aliphatic heterocycles. The van der Waals surface area contributed by atoms with Crippen LogP contribution in [0.1, 0.15) is 39.5 Å². The Balaban J connectivity index is 3.30. The minimum Gasteiger partial charge on any atom is -0.360 e. The standard InChI is InChI=1S/C14H21N3O4/c1-3-5-10-15(11-6-4-2)14-12(16(18)19)8-7-9-13(14)17(20)21/h7-9H,3-6,10-11H2,1-2H3. The van der Waals surface area contributed by atoms with Gasteiger partial charge in [0.15, 0.2) is 5.69 Å². The van der Waals surface area contributed by atoms with Gasteiger partial charge < -0.3 is 4.90 Å². The first-order valence-corrected chi connectivity index (χ1v) is 7.19. The summed E-state index contributed by atoms with van der Waals surface area (Å²) in [5, 5.41) is 22.4. The van der Waals surface area contributed by atoms with Crippen molar-refractivity contribution in [1.82, 2.24) is 0 Å². The summed E-state index contributed by atoms with van der Waals surface area (Å²) in [6.07, 6.45) is 3.54. The molecule has 7 heteroatoms. The quantitative estimate of drug-likeness (QED) is 0.509. The third-order valence-corrected chi connectivity index (χ3v) is 3.27. The second-order valence-electron chi connectivity index (χ2n) is 4.85. The van der Waals surface area contributed by atoms with Gasteiger partial charge in [0.25, 0.3) is 11.4 Å². The van der Waals surface area contributed by atoms with Crippen LogP contribution in [-0.4, -0.2) is 22.9 Å². The lowest BCUT2D eigenvalue weighted by Crippen LogP contribution is -2.27. The van der Waals surface area contributed by atoms with Gasteiger partial charge in [-0.25, -0.2) is 0 Å². The smallest absolute Gasteiger partial charge is 0.299 e. The molecule has 0 aliphatic carbocycles. The Kier molecular flexibility index (Phi) is 6.58. The number of hydrogen-bond donors (Lipinski definition) is 0. The average Bonchev–Trinajstić information content (AvgIpc) is 2.46. The highest BCUT2D eigenvalue weighted by molar-refractivity contribution is 5.74. The van der Waals surface area contributed by atoms with Gasteiger partial charge in [0.05, 0.1) is 9.85 Å². The summed E-state index contributed by atoms with van der Waals surface area (Å²) in [5.41, 5.74) is -0.262. The van der Waals surface area contributed by atoms with Gasteiger partial charge in [0, 0.05) is 25.2 Å². The number of nitro groups is 2. The van der Waals surface area contributed by atoms with Crippen LogP contribution >= 0.6 is 0 Å². The maximum Gasteiger partial charge on any atom is 0.299 e. The zero-order valence-electron chi connectivity index (χ0n) is 12.4. The van der Waals surface area contributed by atoms with Crippen LogP contribution in [0.2, 0.25) is 0 Å². The zero-order valence-corrected chi connectivity index (χ0v) is 12.4. The van der Waals surface area contributed by atoms with E-state index in [0.29, 0.717) is 13.1 Å². The summed E-state index contributed by atoms with van der Waals surface area (Å²) >= 11 is 0. The molecular formula is C14H21N3O4. The van der Waals surface area contributed by atoms with Gasteiger partial charge in [-0.05, 0) is 18.9 Å². The summed E-state index contributed by atoms with van der Waals surface area (Å²) in [5.74, 6) is 0. The van der Waals surface area contributed by atoms with Gasteiger partial charge in [-0.1, -0.05) is 26.7 Å². The largest absolute Gasteiger partial charge is 0.360 e. The fraction of sp³-hybridized carbons (Fsp3) is 0.571. The third-order valence-electron chi connectivity index (χ3n) is 3.27. The molecule has 0 heterocycles. The number of rotatable bonds is 9. The van der Waals surface area contributed by atoms with Crippen molar-refractivity contribution in [2.24, 2.45) is 0 Å². The molecule has 0 bridgehead atoms. The molecule has 0 saturated carbocycles. The Hall–Kier alpha value is -2.18. The molecule has 7 nitrogen and oxygen atoms in total. The lowest BCUT2D eigenvalue weighted by molar-refractivity contribution is -0.392. The molecular weight excluding hydrogens is 274 g/mol. The molecule has 0 fully saturated rings. The number of para-hydroxylation sites is 1. The van der Waals surface area contributed by atoms with E-state index in [0.717, 1.165) is 25.7 Å². The van der Waals surface area contributed by atoms with Gasteiger partial charge in [-0.15, -0.1) is 0 Å². The fourth-order valence-corrected chi connectivity index (χ4v) is 2.17. The van der Waals surface area contributed by atoms with Gasteiger partial charge in [-0.2, -0.15) is 0 Å². The molecule has 1 aromatic rings. The van der Waals surface area contributed by atoms with Crippen LogP contribution in [0.3, 0.4) is 0 Å². The molecule has 1 rings (SSSR count). The summed E-state index contributed by atoms with van der Waals surface area (Å²) in [4.78, 5) is 23.1. The molecule has 0 saturated heterocycles. The summed E-state index contributed by atoms with van der Waals surface area (Å²) in [6.45, 7) is 5.21. The monoisotopic (exact) mass is 295 g/mol. The Labute approximate surface area is 123 Å². The van der Waals surface area contributed by atoms with Crippen LogP contribution in [0.25, 0.3) is 0 Å². The highest BCUT2D eigenvalue weighted by Gasteiger charge is 2.28. The molecule has 1 aromatic carbocycles. The van der Waals surface area contributed by atoms with E-state index >= 15 is 0 Å². The minimum atomic E-state index is -0.548. The van der Waals surface area contributed by atoms with E-state index in [-0.39, 0.29) is 17.1 Å². The van der Waals surface area contributed by atoms with E-state index in [4.69, 9.17) is 0 Å². The lowest BCUT2D eigenvalue weighted by Gasteiger charge is -2.23. The molecule has 0 amide bonds. The topological polar surface area (TPSA) is 89.5 Å². The van der Waals surface area contributed by atoms with Crippen molar-refractivity contribution in [3.63, 3.8) is 0 Å². The molecule has 0 unspecified atom stereocenters. The molecule has 0 aromatic heterocycles. The number of hydrogen-bond acceptors (Lipinski definition) is 5. The number of nitrogens with zero attached hydrogens (tertiary/aromatic N) is 3. The van der Waals surface area contributed by atoms with Gasteiger partial charge in [0.1, 0.15) is 0 Å². The summed E-state index contributed by atoms with van der Waals surface area (Å²) in [6, 6.07) is 4.01. The maximum absolute atomic E-state index is 11.2.